The summed E-state index contributed by atoms with van der Waals surface area (Å²) in [4.78, 5) is 25.7. The second-order valence-corrected chi connectivity index (χ2v) is 14.5. The molecule has 0 spiro atoms. The van der Waals surface area contributed by atoms with Crippen LogP contribution in [0.3, 0.4) is 0 Å². The highest BCUT2D eigenvalue weighted by Gasteiger charge is 2.49. The van der Waals surface area contributed by atoms with Crippen LogP contribution in [0.2, 0.25) is 5.02 Å². The predicted octanol–water partition coefficient (Wildman–Crippen LogP) is 7.30. The fourth-order valence-corrected chi connectivity index (χ4v) is 8.56. The van der Waals surface area contributed by atoms with Crippen molar-refractivity contribution in [2.75, 3.05) is 43.9 Å². The number of thiophene rings is 1. The number of benzene rings is 2. The lowest BCUT2D eigenvalue weighted by molar-refractivity contribution is 0.0883. The van der Waals surface area contributed by atoms with Crippen molar-refractivity contribution in [3.8, 4) is 23.2 Å². The predicted molar refractivity (Wildman–Crippen MR) is 188 cm³/mol. The Morgan fingerprint density at radius 2 is 2.10 bits per heavy atom. The van der Waals surface area contributed by atoms with E-state index in [0.29, 0.717) is 43.6 Å². The van der Waals surface area contributed by atoms with Crippen molar-refractivity contribution in [2.24, 2.45) is 0 Å². The summed E-state index contributed by atoms with van der Waals surface area (Å²) in [5.74, 6) is -1.16. The number of aromatic nitrogens is 4. The third-order valence-electron chi connectivity index (χ3n) is 9.75. The number of unbranched alkanes of at least 4 members (excludes halogenated alkanes) is 1. The molecule has 2 aliphatic heterocycles. The number of anilines is 2. The molecule has 0 saturated carbocycles. The minimum atomic E-state index is -0.957. The second-order valence-electron chi connectivity index (χ2n) is 13.1. The number of hydrogen-bond donors (Lipinski definition) is 1. The summed E-state index contributed by atoms with van der Waals surface area (Å²) in [5, 5.41) is 14.6. The molecular weight excluding hydrogens is 689 g/mol. The lowest BCUT2D eigenvalue weighted by Gasteiger charge is -2.31. The zero-order valence-electron chi connectivity index (χ0n) is 27.5. The van der Waals surface area contributed by atoms with Crippen LogP contribution >= 0.6 is 22.9 Å². The van der Waals surface area contributed by atoms with Crippen LogP contribution in [0.15, 0.2) is 30.5 Å². The molecule has 2 aliphatic rings. The fraction of sp³-hybridized carbons (Fsp3) is 0.400. The average molecular weight is 723 g/mol. The molecule has 2 atom stereocenters. The average Bonchev–Trinajstić information content (AvgIpc) is 3.85. The van der Waals surface area contributed by atoms with Gasteiger partial charge < -0.3 is 15.4 Å². The topological polar surface area (TPSA) is 126 Å². The van der Waals surface area contributed by atoms with Gasteiger partial charge in [-0.3, -0.25) is 9.69 Å². The molecule has 2 aromatic carbocycles. The van der Waals surface area contributed by atoms with Gasteiger partial charge in [-0.2, -0.15) is 20.3 Å². The SMILES string of the molecule is Cc1ccn(C(=O)CCCCN(C)c2nc(OC[C@@]34CCCN3C[C@H](F)C4)nc3c(F)c(-c4ccc(F)c5sc(N)c(C#N)c45)c(Cl)cc23)n1. The van der Waals surface area contributed by atoms with Gasteiger partial charge in [0, 0.05) is 55.5 Å². The maximum absolute atomic E-state index is 16.9. The standard InChI is InChI=1S/C35H34ClF3N8O2S/c1-19-9-13-47(44-19)26(48)6-3-4-11-45(2)33-22-14-24(36)28(21-7-8-25(38)31-27(21)23(16-40)32(41)50-31)29(39)30(22)42-34(43-33)49-18-35-10-5-12-46(35)17-20(37)15-35/h7-9,13-14,20H,3-6,10-12,15,17-18,41H2,1-2H3/t20-,35+/m1/s1. The number of hydrogen-bond acceptors (Lipinski definition) is 10. The summed E-state index contributed by atoms with van der Waals surface area (Å²) < 4.78 is 53.9. The number of alkyl halides is 1. The highest BCUT2D eigenvalue weighted by Crippen LogP contribution is 2.46. The van der Waals surface area contributed by atoms with Crippen molar-refractivity contribution in [2.45, 2.75) is 57.2 Å². The number of aryl methyl sites for hydroxylation is 1. The van der Waals surface area contributed by atoms with Gasteiger partial charge in [-0.05, 0) is 62.9 Å². The van der Waals surface area contributed by atoms with Crippen LogP contribution in [0.25, 0.3) is 32.1 Å². The molecule has 2 fully saturated rings. The highest BCUT2D eigenvalue weighted by molar-refractivity contribution is 7.23. The largest absolute Gasteiger partial charge is 0.461 e. The van der Waals surface area contributed by atoms with Crippen molar-refractivity contribution in [3.05, 3.63) is 58.4 Å². The molecule has 0 radical (unpaired) electrons. The Balaban J connectivity index is 1.26. The molecule has 3 aromatic heterocycles. The Morgan fingerprint density at radius 1 is 1.28 bits per heavy atom. The number of carbonyl (C=O) groups is 1. The molecule has 260 valence electrons. The van der Waals surface area contributed by atoms with Gasteiger partial charge >= 0.3 is 6.01 Å². The van der Waals surface area contributed by atoms with E-state index in [1.54, 1.807) is 25.4 Å². The number of ether oxygens (including phenoxy) is 1. The fourth-order valence-electron chi connectivity index (χ4n) is 7.32. The van der Waals surface area contributed by atoms with Gasteiger partial charge in [-0.15, -0.1) is 11.3 Å². The van der Waals surface area contributed by atoms with Crippen molar-refractivity contribution in [1.82, 2.24) is 24.6 Å². The summed E-state index contributed by atoms with van der Waals surface area (Å²) in [6.45, 7) is 3.53. The summed E-state index contributed by atoms with van der Waals surface area (Å²) >= 11 is 7.71. The summed E-state index contributed by atoms with van der Waals surface area (Å²) in [6.07, 6.45) is 4.18. The number of rotatable bonds is 10. The number of fused-ring (bicyclic) bond motifs is 3. The lowest BCUT2D eigenvalue weighted by Crippen LogP contribution is -2.43. The van der Waals surface area contributed by atoms with E-state index < -0.39 is 23.3 Å². The van der Waals surface area contributed by atoms with Gasteiger partial charge in [0.15, 0.2) is 5.82 Å². The zero-order chi connectivity index (χ0) is 35.3. The van der Waals surface area contributed by atoms with Gasteiger partial charge in [-0.25, -0.2) is 17.9 Å². The van der Waals surface area contributed by atoms with Crippen molar-refractivity contribution >= 4 is 60.7 Å². The zero-order valence-corrected chi connectivity index (χ0v) is 29.1. The Labute approximate surface area is 295 Å². The van der Waals surface area contributed by atoms with Gasteiger partial charge in [0.1, 0.15) is 41.0 Å². The van der Waals surface area contributed by atoms with E-state index >= 15 is 4.39 Å². The number of nitrogens with two attached hydrogens (primary N) is 1. The Bertz CT molecular complexity index is 2190. The van der Waals surface area contributed by atoms with Crippen LogP contribution in [0, 0.1) is 29.9 Å². The van der Waals surface area contributed by atoms with E-state index in [4.69, 9.17) is 27.1 Å². The second kappa shape index (κ2) is 13.4. The first-order valence-corrected chi connectivity index (χ1v) is 17.6. The van der Waals surface area contributed by atoms with Crippen molar-refractivity contribution in [1.29, 1.82) is 5.26 Å². The first kappa shape index (κ1) is 34.0. The normalized spacial score (nSPS) is 18.9. The smallest absolute Gasteiger partial charge is 0.319 e. The lowest BCUT2D eigenvalue weighted by atomic mass is 9.95. The molecule has 2 saturated heterocycles. The van der Waals surface area contributed by atoms with E-state index in [1.807, 2.05) is 17.9 Å². The Hall–Kier alpha value is -4.45. The number of halogens is 4. The molecule has 0 aliphatic carbocycles. The van der Waals surface area contributed by atoms with Gasteiger partial charge in [0.05, 0.1) is 26.5 Å². The van der Waals surface area contributed by atoms with Crippen LogP contribution in [-0.4, -0.2) is 75.6 Å². The van der Waals surface area contributed by atoms with Crippen LogP contribution in [-0.2, 0) is 0 Å². The molecule has 0 unspecified atom stereocenters. The quantitative estimate of drug-likeness (QED) is 0.148. The summed E-state index contributed by atoms with van der Waals surface area (Å²) in [5.41, 5.74) is 6.40. The minimum absolute atomic E-state index is 0.00373. The van der Waals surface area contributed by atoms with E-state index in [2.05, 4.69) is 15.0 Å². The van der Waals surface area contributed by atoms with Crippen LogP contribution in [0.4, 0.5) is 24.0 Å². The number of nitrogens with zero attached hydrogens (tertiary/aromatic N) is 7. The summed E-state index contributed by atoms with van der Waals surface area (Å²) in [6, 6.07) is 7.81. The van der Waals surface area contributed by atoms with Gasteiger partial charge in [0.25, 0.3) is 0 Å². The third-order valence-corrected chi connectivity index (χ3v) is 11.1. The third kappa shape index (κ3) is 6.01. The molecular formula is C35H34ClF3N8O2S. The van der Waals surface area contributed by atoms with Gasteiger partial charge in [0.2, 0.25) is 5.91 Å². The molecule has 50 heavy (non-hydrogen) atoms. The van der Waals surface area contributed by atoms with Crippen LogP contribution in [0.5, 0.6) is 6.01 Å². The van der Waals surface area contributed by atoms with Crippen LogP contribution in [0.1, 0.15) is 54.6 Å². The number of carbonyl (C=O) groups excluding carboxylic acids is 1. The first-order valence-electron chi connectivity index (χ1n) is 16.4. The van der Waals surface area contributed by atoms with Crippen molar-refractivity contribution < 1.29 is 22.7 Å². The molecule has 0 bridgehead atoms. The van der Waals surface area contributed by atoms with E-state index in [9.17, 15) is 18.8 Å². The maximum Gasteiger partial charge on any atom is 0.319 e. The molecule has 0 amide bonds. The Kier molecular flexibility index (Phi) is 9.08. The Morgan fingerprint density at radius 3 is 2.86 bits per heavy atom. The number of nitrogen functional groups attached to an aromatic ring is 1. The maximum atomic E-state index is 16.9. The minimum Gasteiger partial charge on any atom is -0.461 e. The van der Waals surface area contributed by atoms with Crippen LogP contribution < -0.4 is 15.4 Å². The molecule has 5 heterocycles. The monoisotopic (exact) mass is 722 g/mol. The molecule has 7 rings (SSSR count). The molecule has 5 aromatic rings. The molecule has 15 heteroatoms. The first-order chi connectivity index (χ1) is 24.0. The van der Waals surface area contributed by atoms with E-state index in [1.165, 1.54) is 16.8 Å². The molecule has 10 nitrogen and oxygen atoms in total. The highest BCUT2D eigenvalue weighted by atomic mass is 35.5. The summed E-state index contributed by atoms with van der Waals surface area (Å²) in [7, 11) is 1.79. The number of nitriles is 1. The molecule has 2 N–H and O–H groups in total. The van der Waals surface area contributed by atoms with E-state index in [-0.39, 0.29) is 67.3 Å². The van der Waals surface area contributed by atoms with E-state index in [0.717, 1.165) is 36.4 Å². The van der Waals surface area contributed by atoms with Gasteiger partial charge in [-0.1, -0.05) is 17.7 Å². The van der Waals surface area contributed by atoms with Crippen molar-refractivity contribution in [3.63, 3.8) is 0 Å².